The van der Waals surface area contributed by atoms with Gasteiger partial charge in [0.25, 0.3) is 0 Å². The highest BCUT2D eigenvalue weighted by Gasteiger charge is 2.35. The molecule has 0 saturated carbocycles. The second kappa shape index (κ2) is 9.22. The predicted molar refractivity (Wildman–Crippen MR) is 119 cm³/mol. The Labute approximate surface area is 183 Å². The highest BCUT2D eigenvalue weighted by molar-refractivity contribution is 5.89. The van der Waals surface area contributed by atoms with Crippen molar-refractivity contribution in [2.45, 2.75) is 38.8 Å². The van der Waals surface area contributed by atoms with Crippen molar-refractivity contribution in [3.05, 3.63) is 65.2 Å². The molecule has 4 rings (SSSR count). The molecule has 160 valence electrons. The standard InChI is InChI=1S/C25H28N4O2/c1-18-2-4-20(5-3-18)16-29-17-21(14-24(29)30)25(31)27-22-10-12-28(13-11-22)23-8-6-19(15-26)7-9-23/h2-9,21-22H,10-14,16-17H2,1H3,(H,27,31). The van der Waals surface area contributed by atoms with E-state index in [1.165, 1.54) is 5.56 Å². The van der Waals surface area contributed by atoms with Crippen LogP contribution in [0.25, 0.3) is 0 Å². The maximum absolute atomic E-state index is 12.8. The van der Waals surface area contributed by atoms with Crippen LogP contribution in [0.3, 0.4) is 0 Å². The average Bonchev–Trinajstić information content (AvgIpc) is 3.16. The summed E-state index contributed by atoms with van der Waals surface area (Å²) in [7, 11) is 0. The van der Waals surface area contributed by atoms with E-state index in [0.717, 1.165) is 37.2 Å². The topological polar surface area (TPSA) is 76.4 Å². The molecule has 1 atom stereocenters. The van der Waals surface area contributed by atoms with E-state index >= 15 is 0 Å². The first-order valence-corrected chi connectivity index (χ1v) is 10.9. The number of hydrogen-bond acceptors (Lipinski definition) is 4. The van der Waals surface area contributed by atoms with Gasteiger partial charge in [-0.25, -0.2) is 0 Å². The largest absolute Gasteiger partial charge is 0.371 e. The Morgan fingerprint density at radius 3 is 2.42 bits per heavy atom. The SMILES string of the molecule is Cc1ccc(CN2CC(C(=O)NC3CCN(c4ccc(C#N)cc4)CC3)CC2=O)cc1. The van der Waals surface area contributed by atoms with Gasteiger partial charge in [-0.1, -0.05) is 29.8 Å². The third-order valence-electron chi connectivity index (χ3n) is 6.28. The van der Waals surface area contributed by atoms with Gasteiger partial charge in [0.15, 0.2) is 0 Å². The van der Waals surface area contributed by atoms with Gasteiger partial charge in [-0.05, 0) is 49.6 Å². The van der Waals surface area contributed by atoms with E-state index in [0.29, 0.717) is 25.1 Å². The van der Waals surface area contributed by atoms with Crippen molar-refractivity contribution in [3.63, 3.8) is 0 Å². The molecule has 2 saturated heterocycles. The van der Waals surface area contributed by atoms with E-state index in [-0.39, 0.29) is 23.8 Å². The molecule has 0 radical (unpaired) electrons. The van der Waals surface area contributed by atoms with Crippen molar-refractivity contribution in [3.8, 4) is 6.07 Å². The fourth-order valence-corrected chi connectivity index (χ4v) is 4.36. The lowest BCUT2D eigenvalue weighted by Gasteiger charge is -2.34. The summed E-state index contributed by atoms with van der Waals surface area (Å²) in [5, 5.41) is 12.1. The molecule has 2 aromatic rings. The number of nitrogens with zero attached hydrogens (tertiary/aromatic N) is 3. The first-order valence-electron chi connectivity index (χ1n) is 10.9. The summed E-state index contributed by atoms with van der Waals surface area (Å²) in [6.07, 6.45) is 2.04. The quantitative estimate of drug-likeness (QED) is 0.813. The van der Waals surface area contributed by atoms with Gasteiger partial charge in [0.05, 0.1) is 17.6 Å². The Hall–Kier alpha value is -3.33. The fourth-order valence-electron chi connectivity index (χ4n) is 4.36. The molecule has 2 amide bonds. The van der Waals surface area contributed by atoms with Crippen molar-refractivity contribution in [1.29, 1.82) is 5.26 Å². The van der Waals surface area contributed by atoms with Gasteiger partial charge in [0.1, 0.15) is 0 Å². The van der Waals surface area contributed by atoms with Crippen LogP contribution in [0.1, 0.15) is 36.0 Å². The number of nitriles is 1. The molecule has 2 aromatic carbocycles. The highest BCUT2D eigenvalue weighted by atomic mass is 16.2. The lowest BCUT2D eigenvalue weighted by Crippen LogP contribution is -2.46. The van der Waals surface area contributed by atoms with Crippen molar-refractivity contribution in [2.75, 3.05) is 24.5 Å². The van der Waals surface area contributed by atoms with E-state index < -0.39 is 0 Å². The van der Waals surface area contributed by atoms with Crippen molar-refractivity contribution in [2.24, 2.45) is 5.92 Å². The number of rotatable bonds is 5. The van der Waals surface area contributed by atoms with Gasteiger partial charge in [-0.15, -0.1) is 0 Å². The van der Waals surface area contributed by atoms with Crippen LogP contribution in [0, 0.1) is 24.2 Å². The van der Waals surface area contributed by atoms with E-state index in [1.54, 1.807) is 4.90 Å². The minimum Gasteiger partial charge on any atom is -0.371 e. The molecule has 6 nitrogen and oxygen atoms in total. The second-order valence-electron chi connectivity index (χ2n) is 8.59. The number of anilines is 1. The Kier molecular flexibility index (Phi) is 6.22. The van der Waals surface area contributed by atoms with Crippen molar-refractivity contribution >= 4 is 17.5 Å². The number of likely N-dealkylation sites (tertiary alicyclic amines) is 1. The Balaban J connectivity index is 1.25. The molecule has 0 aromatic heterocycles. The van der Waals surface area contributed by atoms with E-state index in [9.17, 15) is 9.59 Å². The monoisotopic (exact) mass is 416 g/mol. The van der Waals surface area contributed by atoms with Gasteiger partial charge in [-0.2, -0.15) is 5.26 Å². The van der Waals surface area contributed by atoms with Crippen LogP contribution in [0.4, 0.5) is 5.69 Å². The lowest BCUT2D eigenvalue weighted by atomic mass is 10.0. The molecule has 0 bridgehead atoms. The van der Waals surface area contributed by atoms with Crippen LogP contribution in [0.2, 0.25) is 0 Å². The molecule has 6 heteroatoms. The average molecular weight is 417 g/mol. The van der Waals surface area contributed by atoms with Crippen molar-refractivity contribution < 1.29 is 9.59 Å². The summed E-state index contributed by atoms with van der Waals surface area (Å²) in [6.45, 7) is 4.81. The molecule has 1 N–H and O–H groups in total. The predicted octanol–water partition coefficient (Wildman–Crippen LogP) is 3.00. The minimum atomic E-state index is -0.269. The van der Waals surface area contributed by atoms with Crippen LogP contribution >= 0.6 is 0 Å². The van der Waals surface area contributed by atoms with Crippen molar-refractivity contribution in [1.82, 2.24) is 10.2 Å². The van der Waals surface area contributed by atoms with Gasteiger partial charge in [-0.3, -0.25) is 9.59 Å². The number of amides is 2. The summed E-state index contributed by atoms with van der Waals surface area (Å²) >= 11 is 0. The Bertz CT molecular complexity index is 970. The minimum absolute atomic E-state index is 0.00317. The molecule has 2 aliphatic heterocycles. The third-order valence-corrected chi connectivity index (χ3v) is 6.28. The van der Waals surface area contributed by atoms with Gasteiger partial charge >= 0.3 is 0 Å². The van der Waals surface area contributed by atoms with Crippen LogP contribution in [-0.4, -0.2) is 42.4 Å². The lowest BCUT2D eigenvalue weighted by molar-refractivity contribution is -0.129. The highest BCUT2D eigenvalue weighted by Crippen LogP contribution is 2.23. The first kappa shape index (κ1) is 20.9. The molecule has 31 heavy (non-hydrogen) atoms. The maximum atomic E-state index is 12.8. The van der Waals surface area contributed by atoms with E-state index in [1.807, 2.05) is 55.5 Å². The normalized spacial score (nSPS) is 19.4. The molecule has 0 aliphatic carbocycles. The van der Waals surface area contributed by atoms with Gasteiger partial charge in [0, 0.05) is 44.3 Å². The van der Waals surface area contributed by atoms with Gasteiger partial charge in [0.2, 0.25) is 11.8 Å². The summed E-state index contributed by atoms with van der Waals surface area (Å²) < 4.78 is 0. The smallest absolute Gasteiger partial charge is 0.225 e. The zero-order valence-corrected chi connectivity index (χ0v) is 17.9. The van der Waals surface area contributed by atoms with Gasteiger partial charge < -0.3 is 15.1 Å². The molecule has 2 heterocycles. The van der Waals surface area contributed by atoms with Crippen LogP contribution in [0.5, 0.6) is 0 Å². The van der Waals surface area contributed by atoms with Crippen LogP contribution in [-0.2, 0) is 16.1 Å². The zero-order chi connectivity index (χ0) is 21.8. The Morgan fingerprint density at radius 2 is 1.77 bits per heavy atom. The summed E-state index contributed by atoms with van der Waals surface area (Å²) in [6, 6.07) is 18.1. The van der Waals surface area contributed by atoms with Crippen LogP contribution < -0.4 is 10.2 Å². The first-order chi connectivity index (χ1) is 15.0. The number of piperidine rings is 1. The number of hydrogen-bond donors (Lipinski definition) is 1. The second-order valence-corrected chi connectivity index (χ2v) is 8.59. The molecular formula is C25H28N4O2. The Morgan fingerprint density at radius 1 is 1.10 bits per heavy atom. The third kappa shape index (κ3) is 5.05. The molecule has 2 aliphatic rings. The van der Waals surface area contributed by atoms with E-state index in [2.05, 4.69) is 16.3 Å². The van der Waals surface area contributed by atoms with Crippen LogP contribution in [0.15, 0.2) is 48.5 Å². The summed E-state index contributed by atoms with van der Waals surface area (Å²) in [5.41, 5.74) is 4.06. The summed E-state index contributed by atoms with van der Waals surface area (Å²) in [5.74, 6) is -0.220. The number of benzene rings is 2. The number of nitrogens with one attached hydrogen (secondary N) is 1. The molecule has 1 unspecified atom stereocenters. The number of carbonyl (C=O) groups is 2. The number of carbonyl (C=O) groups excluding carboxylic acids is 2. The summed E-state index contributed by atoms with van der Waals surface area (Å²) in [4.78, 5) is 29.3. The van der Waals surface area contributed by atoms with E-state index in [4.69, 9.17) is 5.26 Å². The number of aryl methyl sites for hydroxylation is 1. The molecule has 0 spiro atoms. The molecule has 2 fully saturated rings. The fraction of sp³-hybridized carbons (Fsp3) is 0.400. The zero-order valence-electron chi connectivity index (χ0n) is 17.9. The molecular weight excluding hydrogens is 388 g/mol. The maximum Gasteiger partial charge on any atom is 0.225 e.